The summed E-state index contributed by atoms with van der Waals surface area (Å²) in [5.74, 6) is 0. The van der Waals surface area contributed by atoms with Gasteiger partial charge in [0, 0.05) is 41.3 Å². The molecule has 116 valence electrons. The summed E-state index contributed by atoms with van der Waals surface area (Å²) in [6.45, 7) is 8.61. The fourth-order valence-electron chi connectivity index (χ4n) is 2.69. The minimum absolute atomic E-state index is 0.500. The minimum atomic E-state index is 0.500. The molecule has 1 heterocycles. The number of benzene rings is 1. The highest BCUT2D eigenvalue weighted by Crippen LogP contribution is 2.25. The van der Waals surface area contributed by atoms with Crippen molar-refractivity contribution in [2.75, 3.05) is 0 Å². The molecule has 0 saturated heterocycles. The third-order valence-electron chi connectivity index (χ3n) is 3.88. The molecule has 0 atom stereocenters. The van der Waals surface area contributed by atoms with Gasteiger partial charge in [0.2, 0.25) is 0 Å². The van der Waals surface area contributed by atoms with Crippen molar-refractivity contribution in [3.63, 3.8) is 0 Å². The summed E-state index contributed by atoms with van der Waals surface area (Å²) in [7, 11) is 0. The number of aromatic nitrogens is 1. The molecule has 0 amide bonds. The van der Waals surface area contributed by atoms with Crippen LogP contribution in [0.1, 0.15) is 52.0 Å². The van der Waals surface area contributed by atoms with E-state index in [9.17, 15) is 0 Å². The van der Waals surface area contributed by atoms with Crippen LogP contribution < -0.4 is 5.32 Å². The quantitative estimate of drug-likeness (QED) is 0.648. The van der Waals surface area contributed by atoms with Gasteiger partial charge in [0.15, 0.2) is 0 Å². The summed E-state index contributed by atoms with van der Waals surface area (Å²) < 4.78 is 2.37. The molecule has 0 fully saturated rings. The summed E-state index contributed by atoms with van der Waals surface area (Å²) in [5.41, 5.74) is 2.63. The Hall–Kier alpha value is -0.990. The number of fused-ring (bicyclic) bond motifs is 1. The summed E-state index contributed by atoms with van der Waals surface area (Å²) in [6.07, 6.45) is 7.43. The number of aryl methyl sites for hydroxylation is 1. The smallest absolute Gasteiger partial charge is 0.0498 e. The molecule has 3 heteroatoms. The van der Waals surface area contributed by atoms with Gasteiger partial charge in [0.25, 0.3) is 0 Å². The first-order valence-electron chi connectivity index (χ1n) is 8.12. The molecule has 2 nitrogen and oxygen atoms in total. The lowest BCUT2D eigenvalue weighted by molar-refractivity contribution is 0.580. The van der Waals surface area contributed by atoms with Crippen molar-refractivity contribution < 1.29 is 0 Å². The van der Waals surface area contributed by atoms with E-state index < -0.39 is 0 Å². The van der Waals surface area contributed by atoms with E-state index >= 15 is 0 Å². The first-order chi connectivity index (χ1) is 10.1. The van der Waals surface area contributed by atoms with Crippen LogP contribution >= 0.6 is 11.6 Å². The summed E-state index contributed by atoms with van der Waals surface area (Å²) in [6, 6.07) is 6.73. The molecule has 2 aromatic rings. The van der Waals surface area contributed by atoms with Crippen LogP contribution in [0.25, 0.3) is 10.9 Å². The zero-order valence-corrected chi connectivity index (χ0v) is 14.2. The van der Waals surface area contributed by atoms with Crippen LogP contribution in [0.4, 0.5) is 0 Å². The maximum absolute atomic E-state index is 6.18. The molecule has 0 saturated carbocycles. The molecular weight excluding hydrogens is 280 g/mol. The van der Waals surface area contributed by atoms with E-state index in [0.29, 0.717) is 6.04 Å². The molecule has 0 radical (unpaired) electrons. The molecule has 21 heavy (non-hydrogen) atoms. The number of hydrogen-bond acceptors (Lipinski definition) is 1. The number of rotatable bonds is 8. The highest BCUT2D eigenvalue weighted by Gasteiger charge is 2.09. The standard InChI is InChI=1S/C18H27ClN2/c1-4-5-6-7-10-21-13-15(12-20-14(2)3)17-9-8-16(19)11-18(17)21/h8-9,11,13-14,20H,4-7,10,12H2,1-3H3. The van der Waals surface area contributed by atoms with Crippen LogP contribution in [-0.4, -0.2) is 10.6 Å². The zero-order valence-electron chi connectivity index (χ0n) is 13.5. The van der Waals surface area contributed by atoms with Gasteiger partial charge in [-0.25, -0.2) is 0 Å². The van der Waals surface area contributed by atoms with Gasteiger partial charge < -0.3 is 9.88 Å². The lowest BCUT2D eigenvalue weighted by atomic mass is 10.1. The lowest BCUT2D eigenvalue weighted by Crippen LogP contribution is -2.21. The summed E-state index contributed by atoms with van der Waals surface area (Å²) in [4.78, 5) is 0. The molecular formula is C18H27ClN2. The van der Waals surface area contributed by atoms with Gasteiger partial charge in [0.05, 0.1) is 0 Å². The maximum Gasteiger partial charge on any atom is 0.0498 e. The second-order valence-electron chi connectivity index (χ2n) is 6.11. The highest BCUT2D eigenvalue weighted by atomic mass is 35.5. The number of nitrogens with one attached hydrogen (secondary N) is 1. The number of nitrogens with zero attached hydrogens (tertiary/aromatic N) is 1. The van der Waals surface area contributed by atoms with Crippen LogP contribution in [0.3, 0.4) is 0 Å². The van der Waals surface area contributed by atoms with Gasteiger partial charge >= 0.3 is 0 Å². The largest absolute Gasteiger partial charge is 0.347 e. The van der Waals surface area contributed by atoms with E-state index in [1.54, 1.807) is 0 Å². The molecule has 1 aromatic carbocycles. The fourth-order valence-corrected chi connectivity index (χ4v) is 2.86. The Balaban J connectivity index is 2.20. The SMILES string of the molecule is CCCCCCn1cc(CNC(C)C)c2ccc(Cl)cc21. The van der Waals surface area contributed by atoms with E-state index in [1.165, 1.54) is 42.1 Å². The number of halogens is 1. The monoisotopic (exact) mass is 306 g/mol. The molecule has 0 unspecified atom stereocenters. The fraction of sp³-hybridized carbons (Fsp3) is 0.556. The van der Waals surface area contributed by atoms with Crippen molar-refractivity contribution in [1.29, 1.82) is 0 Å². The summed E-state index contributed by atoms with van der Waals surface area (Å²) >= 11 is 6.18. The van der Waals surface area contributed by atoms with Crippen LogP contribution in [0.5, 0.6) is 0 Å². The molecule has 0 aliphatic carbocycles. The van der Waals surface area contributed by atoms with E-state index in [1.807, 2.05) is 6.07 Å². The predicted molar refractivity (Wildman–Crippen MR) is 93.1 cm³/mol. The summed E-state index contributed by atoms with van der Waals surface area (Å²) in [5, 5.41) is 5.65. The zero-order chi connectivity index (χ0) is 15.2. The lowest BCUT2D eigenvalue weighted by Gasteiger charge is -2.06. The number of unbranched alkanes of at least 4 members (excludes halogenated alkanes) is 3. The highest BCUT2D eigenvalue weighted by molar-refractivity contribution is 6.31. The number of hydrogen-bond donors (Lipinski definition) is 1. The van der Waals surface area contributed by atoms with Crippen molar-refractivity contribution in [2.24, 2.45) is 0 Å². The Morgan fingerprint density at radius 1 is 1.19 bits per heavy atom. The van der Waals surface area contributed by atoms with Crippen molar-refractivity contribution >= 4 is 22.5 Å². The Kier molecular flexibility index (Phi) is 6.13. The van der Waals surface area contributed by atoms with Gasteiger partial charge in [-0.3, -0.25) is 0 Å². The first-order valence-corrected chi connectivity index (χ1v) is 8.50. The van der Waals surface area contributed by atoms with Crippen molar-refractivity contribution in [3.8, 4) is 0 Å². The van der Waals surface area contributed by atoms with Gasteiger partial charge in [-0.1, -0.05) is 57.7 Å². The minimum Gasteiger partial charge on any atom is -0.347 e. The average molecular weight is 307 g/mol. The second kappa shape index (κ2) is 7.86. The molecule has 0 aliphatic heterocycles. The Bertz CT molecular complexity index is 572. The van der Waals surface area contributed by atoms with Gasteiger partial charge in [-0.05, 0) is 24.1 Å². The molecule has 0 aliphatic rings. The van der Waals surface area contributed by atoms with Crippen LogP contribution in [0.2, 0.25) is 5.02 Å². The van der Waals surface area contributed by atoms with Crippen molar-refractivity contribution in [3.05, 3.63) is 35.0 Å². The van der Waals surface area contributed by atoms with E-state index in [-0.39, 0.29) is 0 Å². The molecule has 0 bridgehead atoms. The van der Waals surface area contributed by atoms with E-state index in [4.69, 9.17) is 11.6 Å². The molecule has 0 spiro atoms. The third-order valence-corrected chi connectivity index (χ3v) is 4.12. The third kappa shape index (κ3) is 4.49. The van der Waals surface area contributed by atoms with Gasteiger partial charge in [0.1, 0.15) is 0 Å². The van der Waals surface area contributed by atoms with Crippen LogP contribution in [-0.2, 0) is 13.1 Å². The van der Waals surface area contributed by atoms with Crippen molar-refractivity contribution in [1.82, 2.24) is 9.88 Å². The first kappa shape index (κ1) is 16.4. The van der Waals surface area contributed by atoms with E-state index in [0.717, 1.165) is 18.1 Å². The molecule has 2 rings (SSSR count). The van der Waals surface area contributed by atoms with Gasteiger partial charge in [-0.15, -0.1) is 0 Å². The predicted octanol–water partition coefficient (Wildman–Crippen LogP) is 5.37. The van der Waals surface area contributed by atoms with Crippen LogP contribution in [0, 0.1) is 0 Å². The molecule has 1 aromatic heterocycles. The van der Waals surface area contributed by atoms with Gasteiger partial charge in [-0.2, -0.15) is 0 Å². The Morgan fingerprint density at radius 2 is 2.00 bits per heavy atom. The average Bonchev–Trinajstić information content (AvgIpc) is 2.79. The Labute approximate surface area is 133 Å². The van der Waals surface area contributed by atoms with Crippen LogP contribution in [0.15, 0.2) is 24.4 Å². The normalized spacial score (nSPS) is 11.7. The second-order valence-corrected chi connectivity index (χ2v) is 6.54. The topological polar surface area (TPSA) is 17.0 Å². The Morgan fingerprint density at radius 3 is 2.71 bits per heavy atom. The molecule has 1 N–H and O–H groups in total. The maximum atomic E-state index is 6.18. The van der Waals surface area contributed by atoms with Crippen molar-refractivity contribution in [2.45, 2.75) is 65.6 Å². The van der Waals surface area contributed by atoms with E-state index in [2.05, 4.69) is 49.0 Å².